The molecule has 0 spiro atoms. The van der Waals surface area contributed by atoms with Crippen LogP contribution in [0.1, 0.15) is 32.1 Å². The van der Waals surface area contributed by atoms with Gasteiger partial charge in [0.1, 0.15) is 12.4 Å². The Balaban J connectivity index is 1.20. The van der Waals surface area contributed by atoms with Gasteiger partial charge in [0.05, 0.1) is 14.3 Å². The third-order valence-corrected chi connectivity index (χ3v) is 13.7. The summed E-state index contributed by atoms with van der Waals surface area (Å²) in [5.41, 5.74) is 0. The van der Waals surface area contributed by atoms with E-state index in [-0.39, 0.29) is 6.10 Å². The zero-order valence-electron chi connectivity index (χ0n) is 27.4. The summed E-state index contributed by atoms with van der Waals surface area (Å²) in [6.45, 7) is 1.43. The quantitative estimate of drug-likeness (QED) is 0.108. The second-order valence-electron chi connectivity index (χ2n) is 12.4. The number of nitrogens with zero attached hydrogens (tertiary/aromatic N) is 1. The molecule has 1 aliphatic rings. The van der Waals surface area contributed by atoms with Crippen LogP contribution < -0.4 is 26.0 Å². The number of hydrogen-bond acceptors (Lipinski definition) is 3. The lowest BCUT2D eigenvalue weighted by Gasteiger charge is -2.38. The lowest BCUT2D eigenvalue weighted by Crippen LogP contribution is -2.38. The van der Waals surface area contributed by atoms with Crippen LogP contribution in [-0.2, 0) is 4.52 Å². The van der Waals surface area contributed by atoms with E-state index in [9.17, 15) is 0 Å². The Morgan fingerprint density at radius 1 is 0.562 bits per heavy atom. The van der Waals surface area contributed by atoms with Crippen LogP contribution in [0.4, 0.5) is 0 Å². The minimum absolute atomic E-state index is 0.102. The average Bonchev–Trinajstić information content (AvgIpc) is 3.70. The summed E-state index contributed by atoms with van der Waals surface area (Å²) in [5.74, 6) is 0.884. The molecule has 6 aromatic rings. The minimum atomic E-state index is -1.04. The fraction of sp³-hybridized carbons (Fsp3) is 0.209. The maximum atomic E-state index is 7.26. The predicted molar refractivity (Wildman–Crippen MR) is 206 cm³/mol. The Kier molecular flexibility index (Phi) is 11.2. The molecule has 1 saturated carbocycles. The lowest BCUT2D eigenvalue weighted by molar-refractivity contribution is 0.128. The van der Waals surface area contributed by atoms with Gasteiger partial charge < -0.3 is 9.26 Å². The number of fused-ring (bicyclic) bond motifs is 1. The zero-order chi connectivity index (χ0) is 32.4. The molecule has 0 radical (unpaired) electrons. The normalized spacial score (nSPS) is 14.2. The van der Waals surface area contributed by atoms with Crippen molar-refractivity contribution in [2.75, 3.05) is 13.2 Å². The molecule has 0 unspecified atom stereocenters. The highest BCUT2D eigenvalue weighted by Crippen LogP contribution is 2.45. The summed E-state index contributed by atoms with van der Waals surface area (Å²) in [6, 6.07) is 59.2. The summed E-state index contributed by atoms with van der Waals surface area (Å²) < 4.78 is 16.7. The highest BCUT2D eigenvalue weighted by atomic mass is 31.1. The third-order valence-electron chi connectivity index (χ3n) is 9.08. The van der Waals surface area contributed by atoms with Gasteiger partial charge in [-0.1, -0.05) is 165 Å². The molecule has 0 aromatic heterocycles. The summed E-state index contributed by atoms with van der Waals surface area (Å²) in [4.78, 5) is 0. The number of rotatable bonds is 14. The van der Waals surface area contributed by atoms with Gasteiger partial charge in [0.15, 0.2) is 0 Å². The first-order valence-corrected chi connectivity index (χ1v) is 19.7. The van der Waals surface area contributed by atoms with Crippen molar-refractivity contribution in [1.29, 1.82) is 0 Å². The van der Waals surface area contributed by atoms with Crippen LogP contribution in [0.5, 0.6) is 5.75 Å². The van der Waals surface area contributed by atoms with E-state index in [0.717, 1.165) is 18.7 Å². The lowest BCUT2D eigenvalue weighted by atomic mass is 10.1. The van der Waals surface area contributed by atoms with Gasteiger partial charge in [0, 0.05) is 31.3 Å². The van der Waals surface area contributed by atoms with Gasteiger partial charge in [-0.2, -0.15) is 0 Å². The van der Waals surface area contributed by atoms with Gasteiger partial charge in [0.2, 0.25) is 0 Å². The summed E-state index contributed by atoms with van der Waals surface area (Å²) in [5, 5.41) is 7.66. The molecule has 1 fully saturated rings. The first kappa shape index (κ1) is 32.7. The van der Waals surface area contributed by atoms with Crippen LogP contribution in [0, 0.1) is 0 Å². The molecule has 1 aliphatic carbocycles. The van der Waals surface area contributed by atoms with Crippen molar-refractivity contribution in [2.45, 2.75) is 44.2 Å². The van der Waals surface area contributed by atoms with Gasteiger partial charge in [-0.25, -0.2) is 0 Å². The van der Waals surface area contributed by atoms with Crippen molar-refractivity contribution in [3.63, 3.8) is 0 Å². The molecule has 6 aromatic carbocycles. The molecule has 1 atom stereocenters. The first-order chi connectivity index (χ1) is 23.8. The van der Waals surface area contributed by atoms with Gasteiger partial charge in [-0.15, -0.1) is 0 Å². The fourth-order valence-electron chi connectivity index (χ4n) is 6.67. The Morgan fingerprint density at radius 3 is 1.62 bits per heavy atom. The molecular formula is C43H43NO2P2. The smallest absolute Gasteiger partial charge is 0.120 e. The second-order valence-corrected chi connectivity index (χ2v) is 16.4. The van der Waals surface area contributed by atoms with Crippen LogP contribution in [0.15, 0.2) is 164 Å². The maximum Gasteiger partial charge on any atom is 0.120 e. The molecule has 48 heavy (non-hydrogen) atoms. The highest BCUT2D eigenvalue weighted by molar-refractivity contribution is 7.70. The standard InChI is InChI=1S/C43H43NO2P2/c1-5-21-40(22-6-1)47(41-23-7-2-8-24-41)44(37-19-15-16-20-37)32-31-39(34-45-38-30-29-35-17-13-14-18-36(35)33-38)46-48(42-25-9-3-10-26-42)43-27-11-4-12-28-43/h1-14,17-18,21-30,33,37,39H,15-16,19-20,31-32,34H2/t39-/m1/s1. The monoisotopic (exact) mass is 667 g/mol. The third kappa shape index (κ3) is 8.23. The topological polar surface area (TPSA) is 21.7 Å². The van der Waals surface area contributed by atoms with Crippen molar-refractivity contribution in [2.24, 2.45) is 0 Å². The Labute approximate surface area is 288 Å². The number of benzene rings is 6. The molecule has 0 saturated heterocycles. The fourth-order valence-corrected chi connectivity index (χ4v) is 11.2. The summed E-state index contributed by atoms with van der Waals surface area (Å²) in [6.07, 6.45) is 5.87. The maximum absolute atomic E-state index is 7.26. The van der Waals surface area contributed by atoms with Gasteiger partial charge in [0.25, 0.3) is 0 Å². The molecule has 0 bridgehead atoms. The van der Waals surface area contributed by atoms with Crippen molar-refractivity contribution >= 4 is 48.2 Å². The van der Waals surface area contributed by atoms with E-state index in [1.165, 1.54) is 57.7 Å². The molecule has 0 N–H and O–H groups in total. The Morgan fingerprint density at radius 2 is 1.06 bits per heavy atom. The van der Waals surface area contributed by atoms with E-state index in [0.29, 0.717) is 12.6 Å². The van der Waals surface area contributed by atoms with Crippen molar-refractivity contribution in [3.8, 4) is 5.75 Å². The van der Waals surface area contributed by atoms with E-state index in [1.54, 1.807) is 0 Å². The Hall–Kier alpha value is -3.84. The van der Waals surface area contributed by atoms with E-state index in [1.807, 2.05) is 0 Å². The van der Waals surface area contributed by atoms with Crippen molar-refractivity contribution in [1.82, 2.24) is 4.67 Å². The second kappa shape index (κ2) is 16.5. The number of hydrogen-bond donors (Lipinski definition) is 0. The summed E-state index contributed by atoms with van der Waals surface area (Å²) in [7, 11) is -1.73. The van der Waals surface area contributed by atoms with E-state index in [2.05, 4.69) is 168 Å². The molecule has 0 aliphatic heterocycles. The van der Waals surface area contributed by atoms with Crippen LogP contribution in [0.3, 0.4) is 0 Å². The zero-order valence-corrected chi connectivity index (χ0v) is 29.1. The minimum Gasteiger partial charge on any atom is -0.491 e. The van der Waals surface area contributed by atoms with Crippen LogP contribution in [-0.4, -0.2) is 30.0 Å². The van der Waals surface area contributed by atoms with E-state index >= 15 is 0 Å². The molecule has 0 amide bonds. The average molecular weight is 668 g/mol. The van der Waals surface area contributed by atoms with Crippen LogP contribution in [0.2, 0.25) is 0 Å². The van der Waals surface area contributed by atoms with Crippen LogP contribution >= 0.6 is 16.2 Å². The molecule has 0 heterocycles. The van der Waals surface area contributed by atoms with Gasteiger partial charge >= 0.3 is 0 Å². The highest BCUT2D eigenvalue weighted by Gasteiger charge is 2.32. The molecule has 7 rings (SSSR count). The van der Waals surface area contributed by atoms with E-state index in [4.69, 9.17) is 9.26 Å². The van der Waals surface area contributed by atoms with Gasteiger partial charge in [-0.05, 0) is 52.8 Å². The Bertz CT molecular complexity index is 1750. The molecular weight excluding hydrogens is 624 g/mol. The largest absolute Gasteiger partial charge is 0.491 e. The molecule has 3 nitrogen and oxygen atoms in total. The predicted octanol–water partition coefficient (Wildman–Crippen LogP) is 9.33. The first-order valence-electron chi connectivity index (χ1n) is 17.2. The SMILES string of the molecule is c1ccc(P(O[C@H](CCN(C2CCCC2)P(c2ccccc2)c2ccccc2)COc2ccc3ccccc3c2)c2ccccc2)cc1. The number of ether oxygens (including phenoxy) is 1. The van der Waals surface area contributed by atoms with Crippen molar-refractivity contribution in [3.05, 3.63) is 164 Å². The summed E-state index contributed by atoms with van der Waals surface area (Å²) >= 11 is 0. The van der Waals surface area contributed by atoms with Gasteiger partial charge in [-0.3, -0.25) is 4.67 Å². The molecule has 242 valence electrons. The van der Waals surface area contributed by atoms with E-state index < -0.39 is 16.2 Å². The molecule has 5 heteroatoms. The van der Waals surface area contributed by atoms with Crippen molar-refractivity contribution < 1.29 is 9.26 Å². The van der Waals surface area contributed by atoms with Crippen LogP contribution in [0.25, 0.3) is 10.8 Å².